The monoisotopic (exact) mass is 276 g/mol. The molecule has 1 fully saturated rings. The number of nitrogens with zero attached hydrogens (tertiary/aromatic N) is 1. The molecule has 0 aliphatic carbocycles. The smallest absolute Gasteiger partial charge is 0.163 e. The van der Waals surface area contributed by atoms with Crippen molar-refractivity contribution in [1.82, 2.24) is 4.90 Å². The lowest BCUT2D eigenvalue weighted by atomic mass is 9.89. The molecule has 110 valence electrons. The average Bonchev–Trinajstić information content (AvgIpc) is 2.44. The molecule has 1 saturated heterocycles. The molecule has 1 aromatic carbocycles. The summed E-state index contributed by atoms with van der Waals surface area (Å²) in [4.78, 5) is 2.44. The highest BCUT2D eigenvalue weighted by Crippen LogP contribution is 2.34. The summed E-state index contributed by atoms with van der Waals surface area (Å²) in [7, 11) is 2.21. The number of benzene rings is 1. The Morgan fingerprint density at radius 2 is 1.90 bits per heavy atom. The molecule has 0 radical (unpaired) electrons. The molecule has 0 amide bonds. The van der Waals surface area contributed by atoms with Gasteiger partial charge in [0, 0.05) is 30.4 Å². The second-order valence-electron chi connectivity index (χ2n) is 6.11. The number of likely N-dealkylation sites (tertiary alicyclic amines) is 1. The van der Waals surface area contributed by atoms with Crippen molar-refractivity contribution in [3.05, 3.63) is 18.2 Å². The normalized spacial score (nSPS) is 30.1. The molecule has 4 nitrogen and oxygen atoms in total. The van der Waals surface area contributed by atoms with Gasteiger partial charge in [-0.25, -0.2) is 0 Å². The van der Waals surface area contributed by atoms with Crippen molar-refractivity contribution in [1.29, 1.82) is 0 Å². The van der Waals surface area contributed by atoms with Crippen LogP contribution in [0, 0.1) is 5.92 Å². The Hall–Kier alpha value is -1.42. The summed E-state index contributed by atoms with van der Waals surface area (Å²) in [5, 5.41) is 3.67. The zero-order valence-electron chi connectivity index (χ0n) is 12.6. The van der Waals surface area contributed by atoms with Gasteiger partial charge in [-0.3, -0.25) is 0 Å². The van der Waals surface area contributed by atoms with Crippen molar-refractivity contribution in [3.63, 3.8) is 0 Å². The molecule has 0 aromatic heterocycles. The number of rotatable bonds is 2. The fourth-order valence-electron chi connectivity index (χ4n) is 3.09. The van der Waals surface area contributed by atoms with Crippen LogP contribution in [0.3, 0.4) is 0 Å². The lowest BCUT2D eigenvalue weighted by Crippen LogP contribution is -2.48. The minimum absolute atomic E-state index is 0.517. The van der Waals surface area contributed by atoms with Crippen molar-refractivity contribution in [2.24, 2.45) is 5.92 Å². The molecule has 1 N–H and O–H groups in total. The molecule has 3 rings (SSSR count). The molecular formula is C16H24N2O2. The van der Waals surface area contributed by atoms with Crippen molar-refractivity contribution in [3.8, 4) is 11.5 Å². The van der Waals surface area contributed by atoms with E-state index in [0.29, 0.717) is 31.2 Å². The molecule has 1 aromatic rings. The summed E-state index contributed by atoms with van der Waals surface area (Å²) in [6.07, 6.45) is 1.17. The second-order valence-corrected chi connectivity index (χ2v) is 6.11. The molecule has 4 heteroatoms. The van der Waals surface area contributed by atoms with Crippen LogP contribution < -0.4 is 14.8 Å². The Kier molecular flexibility index (Phi) is 3.74. The van der Waals surface area contributed by atoms with E-state index in [-0.39, 0.29) is 0 Å². The van der Waals surface area contributed by atoms with E-state index in [9.17, 15) is 0 Å². The fourth-order valence-corrected chi connectivity index (χ4v) is 3.09. The van der Waals surface area contributed by atoms with Gasteiger partial charge in [-0.1, -0.05) is 6.92 Å². The maximum atomic E-state index is 5.65. The van der Waals surface area contributed by atoms with Gasteiger partial charge in [0.1, 0.15) is 13.2 Å². The van der Waals surface area contributed by atoms with E-state index in [1.807, 2.05) is 6.07 Å². The Bertz CT molecular complexity index is 478. The first kappa shape index (κ1) is 13.6. The maximum absolute atomic E-state index is 5.65. The summed E-state index contributed by atoms with van der Waals surface area (Å²) < 4.78 is 11.2. The fraction of sp³-hybridized carbons (Fsp3) is 0.625. The SMILES string of the molecule is CC1CN(C)C(C)CC1Nc1ccc2c(c1)OCCO2. The molecule has 0 bridgehead atoms. The highest BCUT2D eigenvalue weighted by Gasteiger charge is 2.28. The molecule has 2 aliphatic rings. The highest BCUT2D eigenvalue weighted by atomic mass is 16.6. The van der Waals surface area contributed by atoms with Gasteiger partial charge in [0.25, 0.3) is 0 Å². The van der Waals surface area contributed by atoms with E-state index >= 15 is 0 Å². The van der Waals surface area contributed by atoms with Gasteiger partial charge in [-0.15, -0.1) is 0 Å². The van der Waals surface area contributed by atoms with Crippen LogP contribution in [0.15, 0.2) is 18.2 Å². The molecule has 0 spiro atoms. The molecule has 2 aliphatic heterocycles. The highest BCUT2D eigenvalue weighted by molar-refractivity contribution is 5.55. The van der Waals surface area contributed by atoms with Gasteiger partial charge in [-0.2, -0.15) is 0 Å². The van der Waals surface area contributed by atoms with Crippen LogP contribution in [0.25, 0.3) is 0 Å². The van der Waals surface area contributed by atoms with Crippen LogP contribution in [0.2, 0.25) is 0 Å². The number of anilines is 1. The standard InChI is InChI=1S/C16H24N2O2/c1-11-10-18(3)12(2)8-14(11)17-13-4-5-15-16(9-13)20-7-6-19-15/h4-5,9,11-12,14,17H,6-8,10H2,1-3H3. The predicted molar refractivity (Wildman–Crippen MR) is 80.7 cm³/mol. The molecule has 3 atom stereocenters. The van der Waals surface area contributed by atoms with Crippen molar-refractivity contribution in [2.45, 2.75) is 32.4 Å². The van der Waals surface area contributed by atoms with E-state index in [1.165, 1.54) is 6.42 Å². The predicted octanol–water partition coefficient (Wildman–Crippen LogP) is 2.60. The number of ether oxygens (including phenoxy) is 2. The Morgan fingerprint density at radius 1 is 1.15 bits per heavy atom. The quantitative estimate of drug-likeness (QED) is 0.900. The minimum atomic E-state index is 0.517. The lowest BCUT2D eigenvalue weighted by Gasteiger charge is -2.40. The zero-order valence-corrected chi connectivity index (χ0v) is 12.6. The Balaban J connectivity index is 1.71. The van der Waals surface area contributed by atoms with Crippen LogP contribution in [0.5, 0.6) is 11.5 Å². The molecule has 0 saturated carbocycles. The van der Waals surface area contributed by atoms with Gasteiger partial charge in [0.15, 0.2) is 11.5 Å². The summed E-state index contributed by atoms with van der Waals surface area (Å²) in [6, 6.07) is 7.29. The van der Waals surface area contributed by atoms with Crippen LogP contribution in [0.4, 0.5) is 5.69 Å². The van der Waals surface area contributed by atoms with Gasteiger partial charge < -0.3 is 19.7 Å². The van der Waals surface area contributed by atoms with Gasteiger partial charge in [0.05, 0.1) is 0 Å². The number of hydrogen-bond acceptors (Lipinski definition) is 4. The first-order valence-electron chi connectivity index (χ1n) is 7.50. The molecular weight excluding hydrogens is 252 g/mol. The summed E-state index contributed by atoms with van der Waals surface area (Å²) in [5.74, 6) is 2.35. The number of piperidine rings is 1. The van der Waals surface area contributed by atoms with E-state index in [1.54, 1.807) is 0 Å². The summed E-state index contributed by atoms with van der Waals surface area (Å²) >= 11 is 0. The number of fused-ring (bicyclic) bond motifs is 1. The minimum Gasteiger partial charge on any atom is -0.486 e. The molecule has 3 unspecified atom stereocenters. The second kappa shape index (κ2) is 5.52. The molecule has 2 heterocycles. The van der Waals surface area contributed by atoms with Crippen LogP contribution in [-0.4, -0.2) is 43.8 Å². The first-order valence-corrected chi connectivity index (χ1v) is 7.50. The number of nitrogens with one attached hydrogen (secondary N) is 1. The van der Waals surface area contributed by atoms with Gasteiger partial charge in [0.2, 0.25) is 0 Å². The van der Waals surface area contributed by atoms with E-state index < -0.39 is 0 Å². The van der Waals surface area contributed by atoms with Crippen LogP contribution >= 0.6 is 0 Å². The van der Waals surface area contributed by atoms with E-state index in [4.69, 9.17) is 9.47 Å². The third-order valence-corrected chi connectivity index (χ3v) is 4.50. The third-order valence-electron chi connectivity index (χ3n) is 4.50. The largest absolute Gasteiger partial charge is 0.486 e. The average molecular weight is 276 g/mol. The van der Waals surface area contributed by atoms with Crippen molar-refractivity contribution < 1.29 is 9.47 Å². The first-order chi connectivity index (χ1) is 9.63. The maximum Gasteiger partial charge on any atom is 0.163 e. The molecule has 20 heavy (non-hydrogen) atoms. The lowest BCUT2D eigenvalue weighted by molar-refractivity contribution is 0.145. The van der Waals surface area contributed by atoms with Crippen LogP contribution in [0.1, 0.15) is 20.3 Å². The summed E-state index contributed by atoms with van der Waals surface area (Å²) in [6.45, 7) is 7.03. The summed E-state index contributed by atoms with van der Waals surface area (Å²) in [5.41, 5.74) is 1.13. The van der Waals surface area contributed by atoms with E-state index in [2.05, 4.69) is 43.2 Å². The van der Waals surface area contributed by atoms with Crippen molar-refractivity contribution >= 4 is 5.69 Å². The van der Waals surface area contributed by atoms with E-state index in [0.717, 1.165) is 23.7 Å². The zero-order chi connectivity index (χ0) is 14.1. The third kappa shape index (κ3) is 2.70. The topological polar surface area (TPSA) is 33.7 Å². The Labute approximate surface area is 121 Å². The Morgan fingerprint density at radius 3 is 2.70 bits per heavy atom. The van der Waals surface area contributed by atoms with Crippen LogP contribution in [-0.2, 0) is 0 Å². The van der Waals surface area contributed by atoms with Crippen molar-refractivity contribution in [2.75, 3.05) is 32.1 Å². The van der Waals surface area contributed by atoms with Gasteiger partial charge in [-0.05, 0) is 38.4 Å². The number of hydrogen-bond donors (Lipinski definition) is 1. The van der Waals surface area contributed by atoms with Gasteiger partial charge >= 0.3 is 0 Å².